The Hall–Kier alpha value is -1.81. The number of nitrogens with zero attached hydrogens (tertiary/aromatic N) is 1. The number of aromatic nitrogens is 1. The third kappa shape index (κ3) is 2.85. The zero-order valence-corrected chi connectivity index (χ0v) is 10.2. The average Bonchev–Trinajstić information content (AvgIpc) is 2.75. The molecular weight excluding hydrogens is 214 g/mol. The van der Waals surface area contributed by atoms with Crippen molar-refractivity contribution < 1.29 is 4.79 Å². The van der Waals surface area contributed by atoms with Crippen LogP contribution in [0.3, 0.4) is 0 Å². The number of rotatable bonds is 4. The van der Waals surface area contributed by atoms with E-state index >= 15 is 0 Å². The van der Waals surface area contributed by atoms with Crippen molar-refractivity contribution in [2.24, 2.45) is 0 Å². The predicted octanol–water partition coefficient (Wildman–Crippen LogP) is 1.46. The van der Waals surface area contributed by atoms with E-state index in [-0.39, 0.29) is 5.91 Å². The molecule has 1 aromatic heterocycles. The molecule has 1 aromatic carbocycles. The highest BCUT2D eigenvalue weighted by Crippen LogP contribution is 2.13. The lowest BCUT2D eigenvalue weighted by atomic mass is 10.1. The fourth-order valence-corrected chi connectivity index (χ4v) is 1.69. The van der Waals surface area contributed by atoms with Gasteiger partial charge in [-0.15, -0.1) is 0 Å². The van der Waals surface area contributed by atoms with Gasteiger partial charge in [-0.05, 0) is 38.4 Å². The van der Waals surface area contributed by atoms with E-state index in [0.29, 0.717) is 12.1 Å². The lowest BCUT2D eigenvalue weighted by Crippen LogP contribution is -2.31. The number of carbonyl (C=O) groups is 1. The Labute approximate surface area is 101 Å². The van der Waals surface area contributed by atoms with Crippen molar-refractivity contribution in [1.82, 2.24) is 15.2 Å². The van der Waals surface area contributed by atoms with Crippen LogP contribution < -0.4 is 5.32 Å². The van der Waals surface area contributed by atoms with Gasteiger partial charge in [0.1, 0.15) is 0 Å². The smallest absolute Gasteiger partial charge is 0.251 e. The molecule has 2 rings (SSSR count). The molecule has 1 amide bonds. The standard InChI is InChI=1S/C13H17N3O/c1-16(2)8-7-15-13(17)11-3-4-12-10(9-11)5-6-14-12/h3-6,9,14H,7-8H2,1-2H3,(H,15,17). The molecule has 0 radical (unpaired) electrons. The second-order valence-electron chi connectivity index (χ2n) is 4.34. The van der Waals surface area contributed by atoms with E-state index in [9.17, 15) is 4.79 Å². The first-order valence-electron chi connectivity index (χ1n) is 5.67. The number of H-pyrrole nitrogens is 1. The lowest BCUT2D eigenvalue weighted by Gasteiger charge is -2.10. The minimum absolute atomic E-state index is 0.0186. The van der Waals surface area contributed by atoms with E-state index in [1.807, 2.05) is 49.5 Å². The van der Waals surface area contributed by atoms with Crippen molar-refractivity contribution in [3.05, 3.63) is 36.0 Å². The van der Waals surface area contributed by atoms with Gasteiger partial charge in [-0.25, -0.2) is 0 Å². The summed E-state index contributed by atoms with van der Waals surface area (Å²) in [5, 5.41) is 3.96. The van der Waals surface area contributed by atoms with Gasteiger partial charge in [0.05, 0.1) is 0 Å². The third-order valence-corrected chi connectivity index (χ3v) is 2.66. The molecule has 2 aromatic rings. The van der Waals surface area contributed by atoms with Crippen molar-refractivity contribution >= 4 is 16.8 Å². The van der Waals surface area contributed by atoms with Gasteiger partial charge in [0.25, 0.3) is 5.91 Å². The summed E-state index contributed by atoms with van der Waals surface area (Å²) in [7, 11) is 3.97. The van der Waals surface area contributed by atoms with Gasteiger partial charge >= 0.3 is 0 Å². The molecule has 0 atom stereocenters. The maximum Gasteiger partial charge on any atom is 0.251 e. The molecule has 0 aliphatic rings. The van der Waals surface area contributed by atoms with Crippen LogP contribution in [-0.2, 0) is 0 Å². The van der Waals surface area contributed by atoms with E-state index in [2.05, 4.69) is 10.3 Å². The first-order chi connectivity index (χ1) is 8.16. The third-order valence-electron chi connectivity index (χ3n) is 2.66. The van der Waals surface area contributed by atoms with E-state index < -0.39 is 0 Å². The molecule has 0 spiro atoms. The predicted molar refractivity (Wildman–Crippen MR) is 69.2 cm³/mol. The van der Waals surface area contributed by atoms with Gasteiger partial charge in [0.2, 0.25) is 0 Å². The Morgan fingerprint density at radius 1 is 1.35 bits per heavy atom. The quantitative estimate of drug-likeness (QED) is 0.837. The molecule has 0 aliphatic carbocycles. The minimum Gasteiger partial charge on any atom is -0.361 e. The highest BCUT2D eigenvalue weighted by Gasteiger charge is 2.05. The lowest BCUT2D eigenvalue weighted by molar-refractivity contribution is 0.0951. The van der Waals surface area contributed by atoms with Crippen LogP contribution in [0.2, 0.25) is 0 Å². The summed E-state index contributed by atoms with van der Waals surface area (Å²) < 4.78 is 0. The first-order valence-corrected chi connectivity index (χ1v) is 5.67. The highest BCUT2D eigenvalue weighted by molar-refractivity contribution is 5.98. The van der Waals surface area contributed by atoms with Crippen LogP contribution in [-0.4, -0.2) is 43.0 Å². The molecule has 0 unspecified atom stereocenters. The number of aromatic amines is 1. The maximum absolute atomic E-state index is 11.9. The first kappa shape index (κ1) is 11.7. The molecule has 1 heterocycles. The van der Waals surface area contributed by atoms with Gasteiger partial charge in [-0.1, -0.05) is 0 Å². The Morgan fingerprint density at radius 2 is 2.18 bits per heavy atom. The van der Waals surface area contributed by atoms with Gasteiger partial charge in [0, 0.05) is 35.8 Å². The Kier molecular flexibility index (Phi) is 3.44. The maximum atomic E-state index is 11.9. The van der Waals surface area contributed by atoms with Gasteiger partial charge in [0.15, 0.2) is 0 Å². The molecule has 2 N–H and O–H groups in total. The second kappa shape index (κ2) is 5.01. The van der Waals surface area contributed by atoms with Crippen LogP contribution >= 0.6 is 0 Å². The fraction of sp³-hybridized carbons (Fsp3) is 0.308. The summed E-state index contributed by atoms with van der Waals surface area (Å²) >= 11 is 0. The number of hydrogen-bond acceptors (Lipinski definition) is 2. The molecule has 0 bridgehead atoms. The molecule has 0 aliphatic heterocycles. The largest absolute Gasteiger partial charge is 0.361 e. The van der Waals surface area contributed by atoms with Crippen LogP contribution in [0.15, 0.2) is 30.5 Å². The number of likely N-dealkylation sites (N-methyl/N-ethyl adjacent to an activating group) is 1. The van der Waals surface area contributed by atoms with E-state index in [1.54, 1.807) is 0 Å². The number of carbonyl (C=O) groups excluding carboxylic acids is 1. The Bertz CT molecular complexity index is 516. The highest BCUT2D eigenvalue weighted by atomic mass is 16.1. The molecule has 17 heavy (non-hydrogen) atoms. The summed E-state index contributed by atoms with van der Waals surface area (Å²) in [5.74, 6) is -0.0186. The minimum atomic E-state index is -0.0186. The van der Waals surface area contributed by atoms with Crippen LogP contribution in [0.4, 0.5) is 0 Å². The topological polar surface area (TPSA) is 48.1 Å². The summed E-state index contributed by atoms with van der Waals surface area (Å²) in [6.07, 6.45) is 1.87. The van der Waals surface area contributed by atoms with E-state index in [1.165, 1.54) is 0 Å². The average molecular weight is 231 g/mol. The van der Waals surface area contributed by atoms with E-state index in [4.69, 9.17) is 0 Å². The number of amides is 1. The van der Waals surface area contributed by atoms with Crippen LogP contribution in [0, 0.1) is 0 Å². The van der Waals surface area contributed by atoms with Crippen molar-refractivity contribution in [3.63, 3.8) is 0 Å². The van der Waals surface area contributed by atoms with Gasteiger partial charge in [-0.2, -0.15) is 0 Å². The Morgan fingerprint density at radius 3 is 2.94 bits per heavy atom. The number of nitrogens with one attached hydrogen (secondary N) is 2. The number of hydrogen-bond donors (Lipinski definition) is 2. The van der Waals surface area contributed by atoms with Crippen LogP contribution in [0.25, 0.3) is 10.9 Å². The summed E-state index contributed by atoms with van der Waals surface area (Å²) in [4.78, 5) is 17.0. The molecular formula is C13H17N3O. The zero-order valence-electron chi connectivity index (χ0n) is 10.2. The number of benzene rings is 1. The molecule has 0 fully saturated rings. The SMILES string of the molecule is CN(C)CCNC(=O)c1ccc2[nH]ccc2c1. The van der Waals surface area contributed by atoms with Crippen LogP contribution in [0.5, 0.6) is 0 Å². The van der Waals surface area contributed by atoms with Crippen molar-refractivity contribution in [2.45, 2.75) is 0 Å². The molecule has 4 nitrogen and oxygen atoms in total. The normalized spacial score (nSPS) is 11.0. The zero-order chi connectivity index (χ0) is 12.3. The fourth-order valence-electron chi connectivity index (χ4n) is 1.69. The molecule has 90 valence electrons. The number of fused-ring (bicyclic) bond motifs is 1. The summed E-state index contributed by atoms with van der Waals surface area (Å²) in [6, 6.07) is 7.63. The van der Waals surface area contributed by atoms with Gasteiger partial charge < -0.3 is 15.2 Å². The second-order valence-corrected chi connectivity index (χ2v) is 4.34. The monoisotopic (exact) mass is 231 g/mol. The van der Waals surface area contributed by atoms with Crippen molar-refractivity contribution in [1.29, 1.82) is 0 Å². The van der Waals surface area contributed by atoms with Crippen LogP contribution in [0.1, 0.15) is 10.4 Å². The van der Waals surface area contributed by atoms with E-state index in [0.717, 1.165) is 17.4 Å². The molecule has 0 saturated heterocycles. The summed E-state index contributed by atoms with van der Waals surface area (Å²) in [6.45, 7) is 1.51. The molecule has 4 heteroatoms. The van der Waals surface area contributed by atoms with Crippen molar-refractivity contribution in [3.8, 4) is 0 Å². The van der Waals surface area contributed by atoms with Crippen molar-refractivity contribution in [2.75, 3.05) is 27.2 Å². The molecule has 0 saturated carbocycles. The Balaban J connectivity index is 2.03. The summed E-state index contributed by atoms with van der Waals surface area (Å²) in [5.41, 5.74) is 1.76. The van der Waals surface area contributed by atoms with Gasteiger partial charge in [-0.3, -0.25) is 4.79 Å².